The molecule has 0 saturated heterocycles. The predicted octanol–water partition coefficient (Wildman–Crippen LogP) is 1.24. The van der Waals surface area contributed by atoms with Crippen LogP contribution in [0.3, 0.4) is 0 Å². The van der Waals surface area contributed by atoms with Crippen LogP contribution in [0.25, 0.3) is 0 Å². The van der Waals surface area contributed by atoms with Crippen molar-refractivity contribution >= 4 is 18.1 Å². The molecule has 0 aromatic carbocycles. The number of hydrogen-bond acceptors (Lipinski definition) is 1. The Morgan fingerprint density at radius 2 is 2.00 bits per heavy atom. The summed E-state index contributed by atoms with van der Waals surface area (Å²) in [5, 5.41) is 7.19. The average Bonchev–Trinajstić information content (AvgIpc) is 2.10. The Hall–Kier alpha value is -1.39. The van der Waals surface area contributed by atoms with Crippen LogP contribution in [0.1, 0.15) is 39.0 Å². The van der Waals surface area contributed by atoms with Crippen LogP contribution in [-0.2, 0) is 0 Å². The number of guanidine groups is 2. The van der Waals surface area contributed by atoms with E-state index in [9.17, 15) is 0 Å². The van der Waals surface area contributed by atoms with Crippen LogP contribution in [0, 0.1) is 5.41 Å². The molecule has 0 spiro atoms. The number of aliphatic imine (C=N–C) groups is 2. The minimum atomic E-state index is -0.138. The topological polar surface area (TPSA) is 101 Å². The van der Waals surface area contributed by atoms with Gasteiger partial charge in [0.05, 0.1) is 0 Å². The van der Waals surface area contributed by atoms with Gasteiger partial charge in [-0.15, -0.1) is 0 Å². The molecule has 0 radical (unpaired) electrons. The van der Waals surface area contributed by atoms with Crippen molar-refractivity contribution in [1.29, 1.82) is 5.41 Å². The van der Waals surface area contributed by atoms with Crippen molar-refractivity contribution in [3.8, 4) is 0 Å². The molecule has 0 unspecified atom stereocenters. The van der Waals surface area contributed by atoms with E-state index in [0.29, 0.717) is 0 Å². The molecule has 0 aliphatic rings. The van der Waals surface area contributed by atoms with Gasteiger partial charge in [0.2, 0.25) is 5.96 Å². The molecule has 80 valence electrons. The largest absolute Gasteiger partial charge is 0.370 e. The highest BCUT2D eigenvalue weighted by Crippen LogP contribution is 2.00. The third-order valence-electron chi connectivity index (χ3n) is 1.64. The summed E-state index contributed by atoms with van der Waals surface area (Å²) in [7, 11) is 0. The highest BCUT2D eigenvalue weighted by molar-refractivity contribution is 5.95. The molecular formula is C9H19N5. The van der Waals surface area contributed by atoms with Crippen LogP contribution < -0.4 is 11.5 Å². The van der Waals surface area contributed by atoms with Gasteiger partial charge in [0.1, 0.15) is 0 Å². The van der Waals surface area contributed by atoms with Crippen molar-refractivity contribution in [3.05, 3.63) is 0 Å². The van der Waals surface area contributed by atoms with E-state index >= 15 is 0 Å². The maximum atomic E-state index is 7.19. The first-order chi connectivity index (χ1) is 6.66. The number of unbranched alkanes of at least 4 members (excludes halogenated alkanes) is 4. The summed E-state index contributed by atoms with van der Waals surface area (Å²) in [5.74, 6) is -0.265. The summed E-state index contributed by atoms with van der Waals surface area (Å²) >= 11 is 0. The van der Waals surface area contributed by atoms with Crippen LogP contribution in [0.5, 0.6) is 0 Å². The molecule has 14 heavy (non-hydrogen) atoms. The smallest absolute Gasteiger partial charge is 0.244 e. The zero-order chi connectivity index (χ0) is 10.8. The molecule has 0 rings (SSSR count). The molecular weight excluding hydrogens is 178 g/mol. The zero-order valence-electron chi connectivity index (χ0n) is 8.66. The number of rotatable bonds is 5. The number of hydrogen-bond donors (Lipinski definition) is 3. The van der Waals surface area contributed by atoms with E-state index in [-0.39, 0.29) is 11.9 Å². The van der Waals surface area contributed by atoms with Gasteiger partial charge in [0.25, 0.3) is 0 Å². The van der Waals surface area contributed by atoms with Crippen LogP contribution in [-0.4, -0.2) is 18.1 Å². The molecule has 5 N–H and O–H groups in total. The molecule has 0 amide bonds. The fourth-order valence-electron chi connectivity index (χ4n) is 0.965. The minimum absolute atomic E-state index is 0.127. The number of nitrogens with one attached hydrogen (secondary N) is 1. The highest BCUT2D eigenvalue weighted by atomic mass is 15.1. The summed E-state index contributed by atoms with van der Waals surface area (Å²) in [6.07, 6.45) is 7.34. The minimum Gasteiger partial charge on any atom is -0.370 e. The monoisotopic (exact) mass is 197 g/mol. The molecule has 0 aromatic rings. The molecule has 5 heteroatoms. The molecule has 0 aliphatic heterocycles. The van der Waals surface area contributed by atoms with Crippen molar-refractivity contribution in [2.75, 3.05) is 0 Å². The van der Waals surface area contributed by atoms with Crippen LogP contribution >= 0.6 is 0 Å². The van der Waals surface area contributed by atoms with Crippen molar-refractivity contribution in [2.24, 2.45) is 21.5 Å². The van der Waals surface area contributed by atoms with Crippen molar-refractivity contribution < 1.29 is 0 Å². The van der Waals surface area contributed by atoms with E-state index < -0.39 is 0 Å². The van der Waals surface area contributed by atoms with Crippen molar-refractivity contribution in [1.82, 2.24) is 0 Å². The SMILES string of the molecule is CCCCCCC=NC(=N)N=C(N)N. The first-order valence-corrected chi connectivity index (χ1v) is 4.87. The predicted molar refractivity (Wildman–Crippen MR) is 60.8 cm³/mol. The molecule has 0 heterocycles. The van der Waals surface area contributed by atoms with Crippen LogP contribution in [0.15, 0.2) is 9.98 Å². The van der Waals surface area contributed by atoms with Gasteiger partial charge >= 0.3 is 0 Å². The molecule has 0 fully saturated rings. The first kappa shape index (κ1) is 12.6. The summed E-state index contributed by atoms with van der Waals surface area (Å²) in [5.41, 5.74) is 10.2. The van der Waals surface area contributed by atoms with Gasteiger partial charge < -0.3 is 11.5 Å². The van der Waals surface area contributed by atoms with Gasteiger partial charge in [0, 0.05) is 6.21 Å². The van der Waals surface area contributed by atoms with Gasteiger partial charge in [-0.1, -0.05) is 26.2 Å². The zero-order valence-corrected chi connectivity index (χ0v) is 8.66. The third kappa shape index (κ3) is 8.70. The summed E-state index contributed by atoms with van der Waals surface area (Å²) in [6, 6.07) is 0. The van der Waals surface area contributed by atoms with Gasteiger partial charge in [0.15, 0.2) is 5.96 Å². The van der Waals surface area contributed by atoms with Crippen molar-refractivity contribution in [2.45, 2.75) is 39.0 Å². The fourth-order valence-corrected chi connectivity index (χ4v) is 0.965. The Kier molecular flexibility index (Phi) is 7.40. The molecule has 0 aromatic heterocycles. The Labute approximate surface area is 84.8 Å². The fraction of sp³-hybridized carbons (Fsp3) is 0.667. The lowest BCUT2D eigenvalue weighted by molar-refractivity contribution is 0.685. The first-order valence-electron chi connectivity index (χ1n) is 4.87. The van der Waals surface area contributed by atoms with Gasteiger partial charge in [-0.2, -0.15) is 4.99 Å². The maximum Gasteiger partial charge on any atom is 0.244 e. The van der Waals surface area contributed by atoms with Gasteiger partial charge in [-0.05, 0) is 12.8 Å². The molecule has 5 nitrogen and oxygen atoms in total. The van der Waals surface area contributed by atoms with Crippen molar-refractivity contribution in [3.63, 3.8) is 0 Å². The van der Waals surface area contributed by atoms with E-state index in [1.54, 1.807) is 6.21 Å². The van der Waals surface area contributed by atoms with Crippen LogP contribution in [0.2, 0.25) is 0 Å². The third-order valence-corrected chi connectivity index (χ3v) is 1.64. The van der Waals surface area contributed by atoms with Gasteiger partial charge in [-0.3, -0.25) is 5.41 Å². The van der Waals surface area contributed by atoms with E-state index in [1.165, 1.54) is 19.3 Å². The van der Waals surface area contributed by atoms with E-state index in [0.717, 1.165) is 12.8 Å². The maximum absolute atomic E-state index is 7.19. The average molecular weight is 197 g/mol. The second-order valence-corrected chi connectivity index (χ2v) is 3.02. The Balaban J connectivity index is 3.53. The second-order valence-electron chi connectivity index (χ2n) is 3.02. The van der Waals surface area contributed by atoms with E-state index in [2.05, 4.69) is 16.9 Å². The summed E-state index contributed by atoms with van der Waals surface area (Å²) in [4.78, 5) is 7.24. The molecule has 0 bridgehead atoms. The molecule has 0 atom stereocenters. The number of nitrogens with zero attached hydrogens (tertiary/aromatic N) is 2. The lowest BCUT2D eigenvalue weighted by atomic mass is 10.2. The highest BCUT2D eigenvalue weighted by Gasteiger charge is 1.88. The van der Waals surface area contributed by atoms with Gasteiger partial charge in [-0.25, -0.2) is 4.99 Å². The lowest BCUT2D eigenvalue weighted by Gasteiger charge is -1.93. The Morgan fingerprint density at radius 1 is 1.29 bits per heavy atom. The van der Waals surface area contributed by atoms with Crippen LogP contribution in [0.4, 0.5) is 0 Å². The van der Waals surface area contributed by atoms with E-state index in [4.69, 9.17) is 16.9 Å². The normalized spacial score (nSPS) is 10.4. The standard InChI is InChI=1S/C9H19N5/c1-2-3-4-5-6-7-13-9(12)14-8(10)11/h7H,2-6H2,1H3,(H5,10,11,12,14). The summed E-state index contributed by atoms with van der Waals surface area (Å²) in [6.45, 7) is 2.17. The Bertz CT molecular complexity index is 215. The van der Waals surface area contributed by atoms with E-state index in [1.807, 2.05) is 0 Å². The molecule has 0 saturated carbocycles. The lowest BCUT2D eigenvalue weighted by Crippen LogP contribution is -2.23. The quantitative estimate of drug-likeness (QED) is 0.351. The Morgan fingerprint density at radius 3 is 2.57 bits per heavy atom. The number of nitrogens with two attached hydrogens (primary N) is 2. The molecule has 0 aliphatic carbocycles. The summed E-state index contributed by atoms with van der Waals surface area (Å²) < 4.78 is 0. The second kappa shape index (κ2) is 8.22.